The van der Waals surface area contributed by atoms with E-state index >= 15 is 0 Å². The third-order valence-corrected chi connectivity index (χ3v) is 15.4. The van der Waals surface area contributed by atoms with Crippen molar-refractivity contribution in [3.05, 3.63) is 83.5 Å². The maximum Gasteiger partial charge on any atom is 0.0947 e. The van der Waals surface area contributed by atoms with Gasteiger partial charge in [-0.05, 0) is 106 Å². The number of likely N-dealkylation sites (N-methyl/N-ethyl adjacent to an activating group) is 2. The Balaban J connectivity index is 1.23. The van der Waals surface area contributed by atoms with E-state index in [1.807, 2.05) is 0 Å². The second-order valence-electron chi connectivity index (χ2n) is 16.1. The third kappa shape index (κ3) is 2.61. The zero-order valence-corrected chi connectivity index (χ0v) is 27.4. The third-order valence-electron chi connectivity index (χ3n) is 15.4. The molecule has 2 spiro atoms. The predicted molar refractivity (Wildman–Crippen MR) is 181 cm³/mol. The maximum atomic E-state index is 2.93. The standard InChI is InChI=1S/C40H50N4/c1-5-36-16-9-23-43-25-21-38(34(36)43)30-27-28(13-14-31(30)41(3)33(38)15-18-36)40-20-19-37(6-2)17-10-24-44-26-22-39(40,35(37)44)29-11-7-8-12-32(29)42(40)4/h7-8,11-15,18-20,27,33-35H,5-6,9-10,16-17,21-26H2,1-4H3/t33-,34-,35-,36-,37-,38-,39+,40+/m0/s1. The summed E-state index contributed by atoms with van der Waals surface area (Å²) in [5.41, 5.74) is 8.38. The van der Waals surface area contributed by atoms with Crippen molar-refractivity contribution in [2.75, 3.05) is 50.1 Å². The number of para-hydroxylation sites is 1. The van der Waals surface area contributed by atoms with Crippen molar-refractivity contribution in [3.63, 3.8) is 0 Å². The molecule has 4 heteroatoms. The molecule has 230 valence electrons. The van der Waals surface area contributed by atoms with Gasteiger partial charge in [-0.1, -0.05) is 68.5 Å². The molecule has 0 aromatic heterocycles. The fourth-order valence-electron chi connectivity index (χ4n) is 13.7. The molecular weight excluding hydrogens is 536 g/mol. The molecule has 6 heterocycles. The molecule has 0 unspecified atom stereocenters. The molecule has 8 aliphatic rings. The minimum absolute atomic E-state index is 0.0610. The summed E-state index contributed by atoms with van der Waals surface area (Å²) >= 11 is 0. The van der Waals surface area contributed by atoms with Gasteiger partial charge in [0, 0.05) is 59.2 Å². The quantitative estimate of drug-likeness (QED) is 0.359. The SMILES string of the molecule is CC[C@@]12C=C[C@@H]3N(C)c4ccc([C@]56C=C[C@]7(CC)CCCN8CC[C@@]5(c5ccccc5N6C)[C@@H]87)cc4[C@@]34CCN(CCC1)[C@@H]24. The molecule has 0 amide bonds. The molecule has 44 heavy (non-hydrogen) atoms. The van der Waals surface area contributed by atoms with Crippen molar-refractivity contribution in [3.8, 4) is 0 Å². The van der Waals surface area contributed by atoms with Crippen molar-refractivity contribution >= 4 is 11.4 Å². The smallest absolute Gasteiger partial charge is 0.0947 e. The topological polar surface area (TPSA) is 13.0 Å². The molecule has 2 aliphatic carbocycles. The van der Waals surface area contributed by atoms with Gasteiger partial charge in [0.25, 0.3) is 0 Å². The van der Waals surface area contributed by atoms with E-state index in [-0.39, 0.29) is 21.8 Å². The summed E-state index contributed by atoms with van der Waals surface area (Å²) in [6.07, 6.45) is 21.2. The molecule has 0 N–H and O–H groups in total. The largest absolute Gasteiger partial charge is 0.367 e. The van der Waals surface area contributed by atoms with Gasteiger partial charge in [-0.15, -0.1) is 0 Å². The molecule has 2 aromatic carbocycles. The highest BCUT2D eigenvalue weighted by Gasteiger charge is 2.73. The minimum atomic E-state index is -0.175. The monoisotopic (exact) mass is 586 g/mol. The van der Waals surface area contributed by atoms with E-state index < -0.39 is 0 Å². The molecular formula is C40H50N4. The van der Waals surface area contributed by atoms with E-state index in [0.29, 0.717) is 23.5 Å². The van der Waals surface area contributed by atoms with Gasteiger partial charge in [-0.25, -0.2) is 0 Å². The minimum Gasteiger partial charge on any atom is -0.367 e. The van der Waals surface area contributed by atoms with Gasteiger partial charge in [0.1, 0.15) is 0 Å². The van der Waals surface area contributed by atoms with Crippen LogP contribution in [0.5, 0.6) is 0 Å². The lowest BCUT2D eigenvalue weighted by Crippen LogP contribution is -2.66. The van der Waals surface area contributed by atoms with Crippen LogP contribution in [0.15, 0.2) is 66.8 Å². The van der Waals surface area contributed by atoms with E-state index in [1.54, 1.807) is 11.1 Å². The lowest BCUT2D eigenvalue weighted by molar-refractivity contribution is 0.0115. The number of nitrogens with zero attached hydrogens (tertiary/aromatic N) is 4. The van der Waals surface area contributed by atoms with Crippen LogP contribution in [0, 0.1) is 10.8 Å². The molecule has 0 radical (unpaired) electrons. The van der Waals surface area contributed by atoms with E-state index in [9.17, 15) is 0 Å². The first-order chi connectivity index (χ1) is 21.4. The van der Waals surface area contributed by atoms with E-state index in [2.05, 4.69) is 114 Å². The molecule has 4 saturated heterocycles. The first kappa shape index (κ1) is 26.6. The highest BCUT2D eigenvalue weighted by atomic mass is 15.3. The van der Waals surface area contributed by atoms with Gasteiger partial charge < -0.3 is 9.80 Å². The molecule has 0 bridgehead atoms. The highest BCUT2D eigenvalue weighted by Crippen LogP contribution is 2.71. The van der Waals surface area contributed by atoms with Crippen LogP contribution < -0.4 is 9.80 Å². The molecule has 2 aromatic rings. The van der Waals surface area contributed by atoms with Gasteiger partial charge in [0.15, 0.2) is 0 Å². The van der Waals surface area contributed by atoms with Crippen molar-refractivity contribution in [1.29, 1.82) is 0 Å². The molecule has 6 aliphatic heterocycles. The highest BCUT2D eigenvalue weighted by molar-refractivity contribution is 5.76. The summed E-state index contributed by atoms with van der Waals surface area (Å²) < 4.78 is 0. The van der Waals surface area contributed by atoms with Crippen molar-refractivity contribution in [2.24, 2.45) is 10.8 Å². The van der Waals surface area contributed by atoms with Crippen molar-refractivity contribution in [2.45, 2.75) is 99.7 Å². The van der Waals surface area contributed by atoms with Gasteiger partial charge in [-0.3, -0.25) is 9.80 Å². The summed E-state index contributed by atoms with van der Waals surface area (Å²) in [6.45, 7) is 9.93. The normalized spacial score (nSPS) is 44.3. The molecule has 0 saturated carbocycles. The van der Waals surface area contributed by atoms with Crippen LogP contribution in [0.3, 0.4) is 0 Å². The number of hydrogen-bond acceptors (Lipinski definition) is 4. The van der Waals surface area contributed by atoms with Crippen molar-refractivity contribution in [1.82, 2.24) is 9.80 Å². The Morgan fingerprint density at radius 1 is 0.705 bits per heavy atom. The second-order valence-corrected chi connectivity index (χ2v) is 16.1. The number of fused-ring (bicyclic) bond motifs is 2. The van der Waals surface area contributed by atoms with Crippen molar-refractivity contribution < 1.29 is 0 Å². The van der Waals surface area contributed by atoms with Crippen LogP contribution >= 0.6 is 0 Å². The summed E-state index contributed by atoms with van der Waals surface area (Å²) in [7, 11) is 4.81. The van der Waals surface area contributed by atoms with Crippen LogP contribution in [-0.2, 0) is 16.4 Å². The van der Waals surface area contributed by atoms with Crippen LogP contribution in [0.1, 0.15) is 81.9 Å². The lowest BCUT2D eigenvalue weighted by Gasteiger charge is -2.60. The predicted octanol–water partition coefficient (Wildman–Crippen LogP) is 6.99. The summed E-state index contributed by atoms with van der Waals surface area (Å²) in [4.78, 5) is 11.2. The fourth-order valence-corrected chi connectivity index (χ4v) is 13.7. The molecule has 4 fully saturated rings. The average molecular weight is 587 g/mol. The second kappa shape index (κ2) is 8.42. The van der Waals surface area contributed by atoms with Gasteiger partial charge in [0.2, 0.25) is 0 Å². The van der Waals surface area contributed by atoms with Gasteiger partial charge in [-0.2, -0.15) is 0 Å². The van der Waals surface area contributed by atoms with Crippen LogP contribution in [0.25, 0.3) is 0 Å². The Morgan fingerprint density at radius 2 is 1.43 bits per heavy atom. The Morgan fingerprint density at radius 3 is 2.23 bits per heavy atom. The zero-order chi connectivity index (χ0) is 29.7. The van der Waals surface area contributed by atoms with E-state index in [0.717, 1.165) is 0 Å². The Labute approximate surface area is 264 Å². The lowest BCUT2D eigenvalue weighted by atomic mass is 9.49. The first-order valence-electron chi connectivity index (χ1n) is 18.0. The van der Waals surface area contributed by atoms with Gasteiger partial charge in [0.05, 0.1) is 11.6 Å². The Bertz CT molecular complexity index is 1630. The van der Waals surface area contributed by atoms with Crippen LogP contribution in [-0.4, -0.2) is 68.2 Å². The van der Waals surface area contributed by atoms with E-state index in [1.165, 1.54) is 94.5 Å². The number of benzene rings is 2. The summed E-state index contributed by atoms with van der Waals surface area (Å²) in [5.74, 6) is 0. The Hall–Kier alpha value is -2.56. The average Bonchev–Trinajstić information content (AvgIpc) is 3.79. The van der Waals surface area contributed by atoms with Gasteiger partial charge >= 0.3 is 0 Å². The molecule has 4 nitrogen and oxygen atoms in total. The number of anilines is 2. The maximum absolute atomic E-state index is 2.93. The summed E-state index contributed by atoms with van der Waals surface area (Å²) in [6, 6.07) is 19.1. The first-order valence-corrected chi connectivity index (χ1v) is 18.0. The molecule has 8 atom stereocenters. The Kier molecular flexibility index (Phi) is 5.10. The number of piperidine rings is 2. The zero-order valence-electron chi connectivity index (χ0n) is 27.4. The van der Waals surface area contributed by atoms with Crippen LogP contribution in [0.2, 0.25) is 0 Å². The van der Waals surface area contributed by atoms with E-state index in [4.69, 9.17) is 0 Å². The van der Waals surface area contributed by atoms with Crippen LogP contribution in [0.4, 0.5) is 11.4 Å². The molecule has 10 rings (SSSR count). The number of hydrogen-bond donors (Lipinski definition) is 0. The summed E-state index contributed by atoms with van der Waals surface area (Å²) in [5, 5.41) is 0. The fraction of sp³-hybridized carbons (Fsp3) is 0.600. The number of rotatable bonds is 3.